The molecule has 2 rings (SSSR count). The first kappa shape index (κ1) is 13.1. The number of hydrogen-bond donors (Lipinski definition) is 0. The minimum atomic E-state index is -0.297. The summed E-state index contributed by atoms with van der Waals surface area (Å²) in [6.45, 7) is 4.68. The molecule has 1 heterocycles. The fourth-order valence-corrected chi connectivity index (χ4v) is 2.37. The molecule has 0 aromatic heterocycles. The smallest absolute Gasteiger partial charge is 0.195 e. The van der Waals surface area contributed by atoms with Crippen LogP contribution >= 0.6 is 0 Å². The number of rotatable bonds is 3. The molecule has 0 radical (unpaired) electrons. The van der Waals surface area contributed by atoms with E-state index in [0.29, 0.717) is 17.9 Å². The lowest BCUT2D eigenvalue weighted by atomic mass is 9.96. The summed E-state index contributed by atoms with van der Waals surface area (Å²) >= 11 is 0. The number of benzene rings is 1. The SMILES string of the molecule is COc1c(C(=O)C2CCCCO2)ccc(C)c1C. The van der Waals surface area contributed by atoms with Gasteiger partial charge >= 0.3 is 0 Å². The number of carbonyl (C=O) groups is 1. The van der Waals surface area contributed by atoms with Crippen LogP contribution in [0.15, 0.2) is 12.1 Å². The maximum atomic E-state index is 12.4. The van der Waals surface area contributed by atoms with Crippen LogP contribution in [-0.4, -0.2) is 25.6 Å². The van der Waals surface area contributed by atoms with Crippen LogP contribution in [0.4, 0.5) is 0 Å². The average molecular weight is 248 g/mol. The lowest BCUT2D eigenvalue weighted by Crippen LogP contribution is -2.28. The maximum absolute atomic E-state index is 12.4. The molecule has 1 atom stereocenters. The van der Waals surface area contributed by atoms with Gasteiger partial charge in [0, 0.05) is 6.61 Å². The van der Waals surface area contributed by atoms with Gasteiger partial charge in [-0.05, 0) is 50.3 Å². The highest BCUT2D eigenvalue weighted by molar-refractivity contribution is 6.02. The van der Waals surface area contributed by atoms with Crippen molar-refractivity contribution in [3.63, 3.8) is 0 Å². The summed E-state index contributed by atoms with van der Waals surface area (Å²) in [6, 6.07) is 3.81. The standard InChI is InChI=1S/C15H20O3/c1-10-7-8-12(15(17-3)11(10)2)14(16)13-6-4-5-9-18-13/h7-8,13H,4-6,9H2,1-3H3. The molecule has 1 aliphatic rings. The van der Waals surface area contributed by atoms with Crippen LogP contribution in [0.25, 0.3) is 0 Å². The Labute approximate surface area is 108 Å². The van der Waals surface area contributed by atoms with Gasteiger partial charge in [-0.15, -0.1) is 0 Å². The summed E-state index contributed by atoms with van der Waals surface area (Å²) in [5, 5.41) is 0. The van der Waals surface area contributed by atoms with Gasteiger partial charge < -0.3 is 9.47 Å². The van der Waals surface area contributed by atoms with E-state index in [4.69, 9.17) is 9.47 Å². The third-order valence-corrected chi connectivity index (χ3v) is 3.62. The van der Waals surface area contributed by atoms with E-state index in [0.717, 1.165) is 30.4 Å². The second-order valence-corrected chi connectivity index (χ2v) is 4.81. The van der Waals surface area contributed by atoms with Crippen molar-refractivity contribution in [2.45, 2.75) is 39.2 Å². The van der Waals surface area contributed by atoms with Gasteiger partial charge in [-0.25, -0.2) is 0 Å². The van der Waals surface area contributed by atoms with Crippen molar-refractivity contribution < 1.29 is 14.3 Å². The van der Waals surface area contributed by atoms with Crippen LogP contribution in [0.1, 0.15) is 40.7 Å². The first-order valence-corrected chi connectivity index (χ1v) is 6.45. The normalized spacial score (nSPS) is 19.6. The van der Waals surface area contributed by atoms with Gasteiger partial charge in [0.05, 0.1) is 12.7 Å². The van der Waals surface area contributed by atoms with E-state index >= 15 is 0 Å². The van der Waals surface area contributed by atoms with Gasteiger partial charge in [-0.1, -0.05) is 6.07 Å². The molecule has 18 heavy (non-hydrogen) atoms. The summed E-state index contributed by atoms with van der Waals surface area (Å²) < 4.78 is 11.0. The van der Waals surface area contributed by atoms with Crippen molar-refractivity contribution in [1.29, 1.82) is 0 Å². The molecule has 0 aliphatic carbocycles. The molecular weight excluding hydrogens is 228 g/mol. The molecule has 1 unspecified atom stereocenters. The topological polar surface area (TPSA) is 35.5 Å². The van der Waals surface area contributed by atoms with Crippen LogP contribution in [0.2, 0.25) is 0 Å². The Morgan fingerprint density at radius 3 is 2.72 bits per heavy atom. The van der Waals surface area contributed by atoms with E-state index in [-0.39, 0.29) is 11.9 Å². The number of methoxy groups -OCH3 is 1. The predicted octanol–water partition coefficient (Wildman–Crippen LogP) is 3.06. The molecule has 98 valence electrons. The van der Waals surface area contributed by atoms with Gasteiger partial charge in [0.25, 0.3) is 0 Å². The van der Waals surface area contributed by atoms with E-state index in [9.17, 15) is 4.79 Å². The van der Waals surface area contributed by atoms with E-state index in [1.165, 1.54) is 0 Å². The molecule has 0 saturated carbocycles. The number of ketones is 1. The molecular formula is C15H20O3. The van der Waals surface area contributed by atoms with Crippen molar-refractivity contribution in [2.24, 2.45) is 0 Å². The Morgan fingerprint density at radius 2 is 2.11 bits per heavy atom. The van der Waals surface area contributed by atoms with Gasteiger partial charge in [-0.2, -0.15) is 0 Å². The zero-order valence-corrected chi connectivity index (χ0v) is 11.3. The lowest BCUT2D eigenvalue weighted by molar-refractivity contribution is 0.0184. The summed E-state index contributed by atoms with van der Waals surface area (Å²) in [6.07, 6.45) is 2.63. The third kappa shape index (κ3) is 2.41. The summed E-state index contributed by atoms with van der Waals surface area (Å²) in [5.74, 6) is 0.740. The highest BCUT2D eigenvalue weighted by atomic mass is 16.5. The molecule has 1 aromatic rings. The Kier molecular flexibility index (Phi) is 4.02. The second-order valence-electron chi connectivity index (χ2n) is 4.81. The molecule has 0 bridgehead atoms. The molecule has 0 spiro atoms. The Morgan fingerprint density at radius 1 is 1.33 bits per heavy atom. The monoisotopic (exact) mass is 248 g/mol. The van der Waals surface area contributed by atoms with Crippen LogP contribution in [0.5, 0.6) is 5.75 Å². The van der Waals surface area contributed by atoms with E-state index in [1.54, 1.807) is 7.11 Å². The van der Waals surface area contributed by atoms with Crippen LogP contribution in [0, 0.1) is 13.8 Å². The maximum Gasteiger partial charge on any atom is 0.195 e. The molecule has 1 aliphatic heterocycles. The molecule has 1 aromatic carbocycles. The van der Waals surface area contributed by atoms with Crippen LogP contribution in [-0.2, 0) is 4.74 Å². The quantitative estimate of drug-likeness (QED) is 0.771. The lowest BCUT2D eigenvalue weighted by Gasteiger charge is -2.22. The summed E-state index contributed by atoms with van der Waals surface area (Å²) in [7, 11) is 1.61. The van der Waals surface area contributed by atoms with Crippen molar-refractivity contribution in [1.82, 2.24) is 0 Å². The van der Waals surface area contributed by atoms with E-state index in [2.05, 4.69) is 0 Å². The number of ether oxygens (including phenoxy) is 2. The number of hydrogen-bond acceptors (Lipinski definition) is 3. The third-order valence-electron chi connectivity index (χ3n) is 3.62. The van der Waals surface area contributed by atoms with Crippen molar-refractivity contribution in [3.8, 4) is 5.75 Å². The molecule has 3 heteroatoms. The highest BCUT2D eigenvalue weighted by Gasteiger charge is 2.26. The van der Waals surface area contributed by atoms with Crippen LogP contribution in [0.3, 0.4) is 0 Å². The number of carbonyl (C=O) groups excluding carboxylic acids is 1. The zero-order chi connectivity index (χ0) is 13.1. The van der Waals surface area contributed by atoms with Crippen molar-refractivity contribution >= 4 is 5.78 Å². The molecule has 1 fully saturated rings. The first-order valence-electron chi connectivity index (χ1n) is 6.45. The van der Waals surface area contributed by atoms with Gasteiger partial charge in [-0.3, -0.25) is 4.79 Å². The first-order chi connectivity index (χ1) is 8.65. The van der Waals surface area contributed by atoms with Gasteiger partial charge in [0.15, 0.2) is 5.78 Å². The minimum Gasteiger partial charge on any atom is -0.496 e. The molecule has 0 N–H and O–H groups in total. The van der Waals surface area contributed by atoms with Crippen molar-refractivity contribution in [2.75, 3.05) is 13.7 Å². The second kappa shape index (κ2) is 5.53. The highest BCUT2D eigenvalue weighted by Crippen LogP contribution is 2.29. The molecule has 0 amide bonds. The van der Waals surface area contributed by atoms with Gasteiger partial charge in [0.1, 0.15) is 11.9 Å². The Balaban J connectivity index is 2.32. The van der Waals surface area contributed by atoms with Gasteiger partial charge in [0.2, 0.25) is 0 Å². The fraction of sp³-hybridized carbons (Fsp3) is 0.533. The largest absolute Gasteiger partial charge is 0.496 e. The Bertz CT molecular complexity index is 445. The van der Waals surface area contributed by atoms with Crippen LogP contribution < -0.4 is 4.74 Å². The molecule has 3 nitrogen and oxygen atoms in total. The average Bonchev–Trinajstić information content (AvgIpc) is 2.42. The molecule has 1 saturated heterocycles. The summed E-state index contributed by atoms with van der Waals surface area (Å²) in [5.41, 5.74) is 2.81. The Hall–Kier alpha value is -1.35. The number of Topliss-reactive ketones (excluding diaryl/α,β-unsaturated/α-hetero) is 1. The summed E-state index contributed by atoms with van der Waals surface area (Å²) in [4.78, 5) is 12.4. The minimum absolute atomic E-state index is 0.0506. The zero-order valence-electron chi connectivity index (χ0n) is 11.3. The number of aryl methyl sites for hydroxylation is 1. The fourth-order valence-electron chi connectivity index (χ4n) is 2.37. The van der Waals surface area contributed by atoms with Crippen molar-refractivity contribution in [3.05, 3.63) is 28.8 Å². The predicted molar refractivity (Wildman–Crippen MR) is 70.4 cm³/mol. The van der Waals surface area contributed by atoms with E-state index in [1.807, 2.05) is 26.0 Å². The van der Waals surface area contributed by atoms with E-state index < -0.39 is 0 Å².